The van der Waals surface area contributed by atoms with Crippen molar-refractivity contribution in [1.29, 1.82) is 0 Å². The standard InChI is InChI=1S/C13H20ClN5O/c1-13(2)4-3-5-19(13)12-16-10(14)15-11(17-12)18-6-8-20-9-7-18/h3-9H2,1-2H3. The maximum atomic E-state index is 6.09. The molecule has 0 aliphatic carbocycles. The molecular formula is C13H20ClN5O. The fraction of sp³-hybridized carbons (Fsp3) is 0.769. The zero-order chi connectivity index (χ0) is 14.2. The van der Waals surface area contributed by atoms with E-state index in [0.29, 0.717) is 25.1 Å². The van der Waals surface area contributed by atoms with E-state index in [2.05, 4.69) is 38.6 Å². The molecule has 2 saturated heterocycles. The van der Waals surface area contributed by atoms with Gasteiger partial charge >= 0.3 is 0 Å². The second kappa shape index (κ2) is 5.33. The van der Waals surface area contributed by atoms with Gasteiger partial charge in [0.15, 0.2) is 0 Å². The number of aromatic nitrogens is 3. The highest BCUT2D eigenvalue weighted by molar-refractivity contribution is 6.28. The number of hydrogen-bond acceptors (Lipinski definition) is 6. The van der Waals surface area contributed by atoms with Crippen LogP contribution < -0.4 is 9.80 Å². The quantitative estimate of drug-likeness (QED) is 0.829. The van der Waals surface area contributed by atoms with Gasteiger partial charge in [-0.15, -0.1) is 0 Å². The molecule has 0 bridgehead atoms. The van der Waals surface area contributed by atoms with Gasteiger partial charge in [-0.05, 0) is 38.3 Å². The highest BCUT2D eigenvalue weighted by Gasteiger charge is 2.34. The predicted molar refractivity (Wildman–Crippen MR) is 78.5 cm³/mol. The van der Waals surface area contributed by atoms with E-state index in [1.165, 1.54) is 0 Å². The first kappa shape index (κ1) is 13.8. The third-order valence-corrected chi connectivity index (χ3v) is 4.19. The molecule has 6 nitrogen and oxygen atoms in total. The van der Waals surface area contributed by atoms with E-state index in [-0.39, 0.29) is 10.8 Å². The summed E-state index contributed by atoms with van der Waals surface area (Å²) in [6.45, 7) is 8.39. The molecule has 110 valence electrons. The summed E-state index contributed by atoms with van der Waals surface area (Å²) >= 11 is 6.09. The molecule has 0 aromatic carbocycles. The van der Waals surface area contributed by atoms with Crippen LogP contribution in [0, 0.1) is 0 Å². The molecule has 0 unspecified atom stereocenters. The van der Waals surface area contributed by atoms with Gasteiger partial charge in [0.1, 0.15) is 0 Å². The summed E-state index contributed by atoms with van der Waals surface area (Å²) in [6, 6.07) is 0. The first-order valence-electron chi connectivity index (χ1n) is 7.08. The lowest BCUT2D eigenvalue weighted by atomic mass is 10.0. The topological polar surface area (TPSA) is 54.4 Å². The summed E-state index contributed by atoms with van der Waals surface area (Å²) in [5, 5.41) is 0.263. The first-order valence-corrected chi connectivity index (χ1v) is 7.46. The Hall–Kier alpha value is -1.14. The summed E-state index contributed by atoms with van der Waals surface area (Å²) in [5.41, 5.74) is 0.0764. The van der Waals surface area contributed by atoms with Crippen LogP contribution in [0.15, 0.2) is 0 Å². The SMILES string of the molecule is CC1(C)CCCN1c1nc(Cl)nc(N2CCOCC2)n1. The Morgan fingerprint density at radius 3 is 2.40 bits per heavy atom. The molecule has 0 amide bonds. The van der Waals surface area contributed by atoms with E-state index in [1.807, 2.05) is 0 Å². The number of halogens is 1. The van der Waals surface area contributed by atoms with Crippen molar-refractivity contribution < 1.29 is 4.74 Å². The number of ether oxygens (including phenoxy) is 1. The van der Waals surface area contributed by atoms with Crippen molar-refractivity contribution >= 4 is 23.5 Å². The average Bonchev–Trinajstić information content (AvgIpc) is 2.79. The lowest BCUT2D eigenvalue weighted by molar-refractivity contribution is 0.122. The van der Waals surface area contributed by atoms with Crippen molar-refractivity contribution in [2.45, 2.75) is 32.2 Å². The molecular weight excluding hydrogens is 278 g/mol. The number of hydrogen-bond donors (Lipinski definition) is 0. The summed E-state index contributed by atoms with van der Waals surface area (Å²) in [7, 11) is 0. The van der Waals surface area contributed by atoms with Crippen LogP contribution in [0.1, 0.15) is 26.7 Å². The van der Waals surface area contributed by atoms with Crippen molar-refractivity contribution in [3.63, 3.8) is 0 Å². The van der Waals surface area contributed by atoms with Gasteiger partial charge in [0.05, 0.1) is 13.2 Å². The Kier molecular flexibility index (Phi) is 3.69. The van der Waals surface area contributed by atoms with Crippen molar-refractivity contribution in [2.75, 3.05) is 42.6 Å². The molecule has 0 saturated carbocycles. The predicted octanol–water partition coefficient (Wildman–Crippen LogP) is 1.74. The minimum atomic E-state index is 0.0764. The number of rotatable bonds is 2. The van der Waals surface area contributed by atoms with E-state index in [0.717, 1.165) is 32.5 Å². The summed E-state index contributed by atoms with van der Waals surface area (Å²) in [4.78, 5) is 17.5. The maximum absolute atomic E-state index is 6.09. The minimum Gasteiger partial charge on any atom is -0.378 e. The van der Waals surface area contributed by atoms with Crippen LogP contribution in [-0.2, 0) is 4.74 Å². The Labute approximate surface area is 124 Å². The molecule has 1 aromatic heterocycles. The van der Waals surface area contributed by atoms with Gasteiger partial charge in [-0.1, -0.05) is 0 Å². The molecule has 0 N–H and O–H groups in total. The van der Waals surface area contributed by atoms with E-state index >= 15 is 0 Å². The van der Waals surface area contributed by atoms with Gasteiger partial charge in [0.25, 0.3) is 0 Å². The van der Waals surface area contributed by atoms with Crippen molar-refractivity contribution in [1.82, 2.24) is 15.0 Å². The zero-order valence-electron chi connectivity index (χ0n) is 12.0. The fourth-order valence-electron chi connectivity index (χ4n) is 2.83. The molecule has 20 heavy (non-hydrogen) atoms. The van der Waals surface area contributed by atoms with Crippen LogP contribution in [0.4, 0.5) is 11.9 Å². The maximum Gasteiger partial charge on any atom is 0.231 e. The molecule has 1 aromatic rings. The summed E-state index contributed by atoms with van der Waals surface area (Å²) in [5.74, 6) is 1.35. The van der Waals surface area contributed by atoms with Crippen LogP contribution in [0.5, 0.6) is 0 Å². The lowest BCUT2D eigenvalue weighted by Crippen LogP contribution is -2.41. The zero-order valence-corrected chi connectivity index (χ0v) is 12.7. The van der Waals surface area contributed by atoms with Crippen molar-refractivity contribution in [3.8, 4) is 0 Å². The van der Waals surface area contributed by atoms with Crippen molar-refractivity contribution in [2.24, 2.45) is 0 Å². The molecule has 2 aliphatic rings. The monoisotopic (exact) mass is 297 g/mol. The Balaban J connectivity index is 1.90. The highest BCUT2D eigenvalue weighted by atomic mass is 35.5. The Bertz CT molecular complexity index is 490. The second-order valence-corrected chi connectivity index (χ2v) is 6.21. The summed E-state index contributed by atoms with van der Waals surface area (Å²) < 4.78 is 5.36. The normalized spacial score (nSPS) is 22.4. The fourth-order valence-corrected chi connectivity index (χ4v) is 2.98. The molecule has 7 heteroatoms. The van der Waals surface area contributed by atoms with Gasteiger partial charge in [-0.25, -0.2) is 0 Å². The summed E-state index contributed by atoms with van der Waals surface area (Å²) in [6.07, 6.45) is 2.30. The van der Waals surface area contributed by atoms with Gasteiger partial charge in [0, 0.05) is 25.2 Å². The molecule has 2 fully saturated rings. The molecule has 3 heterocycles. The third kappa shape index (κ3) is 2.67. The molecule has 2 aliphatic heterocycles. The van der Waals surface area contributed by atoms with Crippen LogP contribution >= 0.6 is 11.6 Å². The molecule has 3 rings (SSSR count). The largest absolute Gasteiger partial charge is 0.378 e. The smallest absolute Gasteiger partial charge is 0.231 e. The second-order valence-electron chi connectivity index (χ2n) is 5.87. The van der Waals surface area contributed by atoms with E-state index < -0.39 is 0 Å². The van der Waals surface area contributed by atoms with E-state index in [9.17, 15) is 0 Å². The van der Waals surface area contributed by atoms with Gasteiger partial charge in [0.2, 0.25) is 17.2 Å². The molecule has 0 atom stereocenters. The number of morpholine rings is 1. The van der Waals surface area contributed by atoms with Crippen LogP contribution in [0.25, 0.3) is 0 Å². The van der Waals surface area contributed by atoms with E-state index in [1.54, 1.807) is 0 Å². The van der Waals surface area contributed by atoms with E-state index in [4.69, 9.17) is 16.3 Å². The number of nitrogens with zero attached hydrogens (tertiary/aromatic N) is 5. The minimum absolute atomic E-state index is 0.0764. The third-order valence-electron chi connectivity index (χ3n) is 4.02. The number of anilines is 2. The van der Waals surface area contributed by atoms with Crippen molar-refractivity contribution in [3.05, 3.63) is 5.28 Å². The van der Waals surface area contributed by atoms with Crippen LogP contribution in [0.2, 0.25) is 5.28 Å². The van der Waals surface area contributed by atoms with Crippen LogP contribution in [-0.4, -0.2) is 53.3 Å². The van der Waals surface area contributed by atoms with Gasteiger partial charge in [-0.3, -0.25) is 0 Å². The first-order chi connectivity index (χ1) is 9.56. The van der Waals surface area contributed by atoms with Crippen LogP contribution in [0.3, 0.4) is 0 Å². The van der Waals surface area contributed by atoms with Gasteiger partial charge < -0.3 is 14.5 Å². The average molecular weight is 298 g/mol. The highest BCUT2D eigenvalue weighted by Crippen LogP contribution is 2.32. The Morgan fingerprint density at radius 1 is 1.05 bits per heavy atom. The Morgan fingerprint density at radius 2 is 1.75 bits per heavy atom. The molecule has 0 spiro atoms. The van der Waals surface area contributed by atoms with Gasteiger partial charge in [-0.2, -0.15) is 15.0 Å². The molecule has 0 radical (unpaired) electrons. The lowest BCUT2D eigenvalue weighted by Gasteiger charge is -2.32.